The minimum absolute atomic E-state index is 0.221. The van der Waals surface area contributed by atoms with Gasteiger partial charge in [0.25, 0.3) is 5.88 Å². The molecule has 2 heterocycles. The molecule has 8 heteroatoms. The molecular weight excluding hydrogens is 288 g/mol. The molecule has 0 aliphatic carbocycles. The predicted octanol–water partition coefficient (Wildman–Crippen LogP) is 1.66. The maximum absolute atomic E-state index is 11.5. The highest BCUT2D eigenvalue weighted by atomic mass is 16.6. The second-order valence-corrected chi connectivity index (χ2v) is 4.85. The molecule has 1 aromatic heterocycles. The van der Waals surface area contributed by atoms with E-state index >= 15 is 0 Å². The first-order valence-corrected chi connectivity index (χ1v) is 6.54. The number of fused-ring (bicyclic) bond motifs is 1. The Morgan fingerprint density at radius 1 is 1.45 bits per heavy atom. The Bertz CT molecular complexity index is 781. The highest BCUT2D eigenvalue weighted by molar-refractivity contribution is 5.53. The minimum atomic E-state index is -0.714. The van der Waals surface area contributed by atoms with Gasteiger partial charge in [-0.25, -0.2) is 0 Å². The normalized spacial score (nSPS) is 16.9. The number of H-pyrrole nitrogens is 1. The first-order valence-electron chi connectivity index (χ1n) is 6.54. The van der Waals surface area contributed by atoms with Crippen LogP contribution in [0.5, 0.6) is 11.6 Å². The van der Waals surface area contributed by atoms with E-state index in [9.17, 15) is 10.1 Å². The molecule has 3 N–H and O–H groups in total. The number of para-hydroxylation sites is 1. The molecule has 3 rings (SSSR count). The lowest BCUT2D eigenvalue weighted by atomic mass is 9.87. The van der Waals surface area contributed by atoms with Gasteiger partial charge in [-0.15, -0.1) is 5.10 Å². The van der Waals surface area contributed by atoms with E-state index in [2.05, 4.69) is 10.2 Å². The summed E-state index contributed by atoms with van der Waals surface area (Å²) in [6.45, 7) is 1.77. The zero-order chi connectivity index (χ0) is 15.9. The van der Waals surface area contributed by atoms with Gasteiger partial charge in [0.15, 0.2) is 0 Å². The van der Waals surface area contributed by atoms with Gasteiger partial charge in [-0.1, -0.05) is 18.2 Å². The fourth-order valence-corrected chi connectivity index (χ4v) is 2.67. The maximum Gasteiger partial charge on any atom is 0.317 e. The van der Waals surface area contributed by atoms with Crippen LogP contribution in [0.4, 0.5) is 0 Å². The Balaban J connectivity index is 2.29. The van der Waals surface area contributed by atoms with Crippen LogP contribution >= 0.6 is 0 Å². The highest BCUT2D eigenvalue weighted by Gasteiger charge is 2.42. The Hall–Kier alpha value is -3.03. The number of aryl methyl sites for hydroxylation is 1. The van der Waals surface area contributed by atoms with E-state index in [1.54, 1.807) is 31.2 Å². The number of ether oxygens (including phenoxy) is 2. The van der Waals surface area contributed by atoms with Crippen molar-refractivity contribution in [2.45, 2.75) is 12.8 Å². The van der Waals surface area contributed by atoms with Gasteiger partial charge in [-0.2, -0.15) is 0 Å². The van der Waals surface area contributed by atoms with E-state index in [4.69, 9.17) is 15.2 Å². The van der Waals surface area contributed by atoms with Gasteiger partial charge >= 0.3 is 5.70 Å². The third kappa shape index (κ3) is 1.96. The molecule has 114 valence electrons. The summed E-state index contributed by atoms with van der Waals surface area (Å²) in [6.07, 6.45) is 0. The zero-order valence-electron chi connectivity index (χ0n) is 12.0. The number of allylic oxidation sites excluding steroid dienone is 1. The van der Waals surface area contributed by atoms with Gasteiger partial charge in [0.2, 0.25) is 5.88 Å². The first-order chi connectivity index (χ1) is 10.5. The van der Waals surface area contributed by atoms with Crippen molar-refractivity contribution < 1.29 is 14.4 Å². The Morgan fingerprint density at radius 3 is 2.86 bits per heavy atom. The van der Waals surface area contributed by atoms with E-state index in [0.717, 1.165) is 0 Å². The molecule has 0 saturated carbocycles. The van der Waals surface area contributed by atoms with Crippen molar-refractivity contribution in [1.29, 1.82) is 0 Å². The molecule has 0 saturated heterocycles. The summed E-state index contributed by atoms with van der Waals surface area (Å²) in [5, 5.41) is 18.3. The molecule has 22 heavy (non-hydrogen) atoms. The number of aromatic amines is 1. The summed E-state index contributed by atoms with van der Waals surface area (Å²) in [5.41, 5.74) is 7.42. The fraction of sp³-hybridized carbons (Fsp3) is 0.214. The zero-order valence-corrected chi connectivity index (χ0v) is 12.0. The summed E-state index contributed by atoms with van der Waals surface area (Å²) in [6, 6.07) is 7.09. The lowest BCUT2D eigenvalue weighted by Gasteiger charge is -2.22. The summed E-state index contributed by atoms with van der Waals surface area (Å²) in [5.74, 6) is -0.196. The molecule has 2 aromatic rings. The average molecular weight is 302 g/mol. The largest absolute Gasteiger partial charge is 0.496 e. The Kier molecular flexibility index (Phi) is 3.21. The molecule has 0 bridgehead atoms. The molecule has 1 aliphatic rings. The Morgan fingerprint density at radius 2 is 2.18 bits per heavy atom. The van der Waals surface area contributed by atoms with Crippen LogP contribution in [0.3, 0.4) is 0 Å². The van der Waals surface area contributed by atoms with Gasteiger partial charge in [0.05, 0.1) is 17.6 Å². The van der Waals surface area contributed by atoms with Crippen molar-refractivity contribution in [1.82, 2.24) is 10.2 Å². The van der Waals surface area contributed by atoms with Crippen LogP contribution < -0.4 is 15.2 Å². The molecule has 0 spiro atoms. The number of benzene rings is 1. The van der Waals surface area contributed by atoms with E-state index in [0.29, 0.717) is 22.6 Å². The Labute approximate surface area is 125 Å². The smallest absolute Gasteiger partial charge is 0.317 e. The molecule has 0 unspecified atom stereocenters. The van der Waals surface area contributed by atoms with Crippen molar-refractivity contribution in [2.24, 2.45) is 5.73 Å². The molecule has 1 atom stereocenters. The minimum Gasteiger partial charge on any atom is -0.496 e. The summed E-state index contributed by atoms with van der Waals surface area (Å²) >= 11 is 0. The number of methoxy groups -OCH3 is 1. The van der Waals surface area contributed by atoms with E-state index < -0.39 is 10.8 Å². The van der Waals surface area contributed by atoms with Crippen LogP contribution in [-0.4, -0.2) is 22.2 Å². The molecular formula is C14H14N4O4. The third-order valence-electron chi connectivity index (χ3n) is 3.63. The highest BCUT2D eigenvalue weighted by Crippen LogP contribution is 2.45. The van der Waals surface area contributed by atoms with E-state index in [1.165, 1.54) is 7.11 Å². The van der Waals surface area contributed by atoms with Crippen molar-refractivity contribution >= 4 is 0 Å². The molecule has 0 amide bonds. The first kappa shape index (κ1) is 13.9. The van der Waals surface area contributed by atoms with Crippen LogP contribution in [0.25, 0.3) is 0 Å². The fourth-order valence-electron chi connectivity index (χ4n) is 2.67. The van der Waals surface area contributed by atoms with Gasteiger partial charge in [0.1, 0.15) is 11.7 Å². The number of nitrogens with two attached hydrogens (primary N) is 1. The van der Waals surface area contributed by atoms with Gasteiger partial charge in [-0.3, -0.25) is 15.2 Å². The summed E-state index contributed by atoms with van der Waals surface area (Å²) in [4.78, 5) is 11.0. The van der Waals surface area contributed by atoms with Crippen LogP contribution in [0, 0.1) is 17.0 Å². The molecule has 1 aromatic carbocycles. The number of nitrogens with one attached hydrogen (secondary N) is 1. The monoisotopic (exact) mass is 302 g/mol. The molecule has 8 nitrogen and oxygen atoms in total. The number of hydrogen-bond acceptors (Lipinski definition) is 6. The number of nitrogens with zero attached hydrogens (tertiary/aromatic N) is 2. The van der Waals surface area contributed by atoms with Crippen LogP contribution in [0.2, 0.25) is 0 Å². The number of nitro groups is 1. The predicted molar refractivity (Wildman–Crippen MR) is 77.0 cm³/mol. The topological polar surface area (TPSA) is 116 Å². The average Bonchev–Trinajstić information content (AvgIpc) is 2.86. The quantitative estimate of drug-likeness (QED) is 0.658. The lowest BCUT2D eigenvalue weighted by molar-refractivity contribution is -0.432. The maximum atomic E-state index is 11.5. The number of hydrogen-bond donors (Lipinski definition) is 2. The van der Waals surface area contributed by atoms with Crippen LogP contribution in [-0.2, 0) is 0 Å². The summed E-state index contributed by atoms with van der Waals surface area (Å²) < 4.78 is 10.6. The van der Waals surface area contributed by atoms with E-state index in [1.807, 2.05) is 0 Å². The third-order valence-corrected chi connectivity index (χ3v) is 3.63. The SMILES string of the molecule is COc1ccccc1[C@@H]1C([N+](=O)[O-])=C(N)Oc2n[nH]c(C)c21. The molecule has 0 radical (unpaired) electrons. The molecule has 0 fully saturated rings. The lowest BCUT2D eigenvalue weighted by Crippen LogP contribution is -2.26. The standard InChI is InChI=1S/C14H14N4O4/c1-7-10-11(8-5-3-4-6-9(8)21-2)12(18(19)20)13(15)22-14(10)17-16-7/h3-6,11H,15H2,1-2H3,(H,16,17)/t11-/m0/s1. The van der Waals surface area contributed by atoms with Crippen molar-refractivity contribution in [3.8, 4) is 11.6 Å². The van der Waals surface area contributed by atoms with Crippen molar-refractivity contribution in [3.05, 3.63) is 62.8 Å². The second-order valence-electron chi connectivity index (χ2n) is 4.85. The van der Waals surface area contributed by atoms with Gasteiger partial charge < -0.3 is 15.2 Å². The number of rotatable bonds is 3. The van der Waals surface area contributed by atoms with Crippen molar-refractivity contribution in [3.63, 3.8) is 0 Å². The second kappa shape index (κ2) is 5.06. The molecule has 1 aliphatic heterocycles. The number of aromatic nitrogens is 2. The summed E-state index contributed by atoms with van der Waals surface area (Å²) in [7, 11) is 1.51. The van der Waals surface area contributed by atoms with Gasteiger partial charge in [0, 0.05) is 11.3 Å². The van der Waals surface area contributed by atoms with Crippen molar-refractivity contribution in [2.75, 3.05) is 7.11 Å². The van der Waals surface area contributed by atoms with Gasteiger partial charge in [-0.05, 0) is 13.0 Å². The van der Waals surface area contributed by atoms with Crippen LogP contribution in [0.15, 0.2) is 35.8 Å². The van der Waals surface area contributed by atoms with E-state index in [-0.39, 0.29) is 17.5 Å². The van der Waals surface area contributed by atoms with Crippen LogP contribution in [0.1, 0.15) is 22.7 Å².